The smallest absolute Gasteiger partial charge is 0.0717 e. The molecule has 1 aromatic rings. The average Bonchev–Trinajstić information content (AvgIpc) is 3.09. The maximum atomic E-state index is 9.34. The summed E-state index contributed by atoms with van der Waals surface area (Å²) in [5.74, 6) is 0.639. The maximum absolute atomic E-state index is 9.34. The quantitative estimate of drug-likeness (QED) is 0.826. The number of anilines is 1. The van der Waals surface area contributed by atoms with Crippen molar-refractivity contribution < 1.29 is 5.11 Å². The van der Waals surface area contributed by atoms with Crippen LogP contribution in [-0.4, -0.2) is 22.7 Å². The Balaban J connectivity index is 2.23. The molecule has 1 N–H and O–H groups in total. The zero-order chi connectivity index (χ0) is 11.5. The molecule has 0 spiro atoms. The van der Waals surface area contributed by atoms with E-state index in [4.69, 9.17) is 0 Å². The lowest BCUT2D eigenvalue weighted by Gasteiger charge is -2.28. The van der Waals surface area contributed by atoms with Gasteiger partial charge in [0.15, 0.2) is 0 Å². The van der Waals surface area contributed by atoms with E-state index in [9.17, 15) is 5.11 Å². The number of aliphatic hydroxyl groups excluding tert-OH is 1. The predicted octanol–water partition coefficient (Wildman–Crippen LogP) is 2.20. The van der Waals surface area contributed by atoms with Gasteiger partial charge in [-0.2, -0.15) is 0 Å². The van der Waals surface area contributed by atoms with E-state index in [0.29, 0.717) is 12.0 Å². The van der Waals surface area contributed by atoms with E-state index in [1.54, 1.807) is 6.20 Å². The molecule has 0 saturated heterocycles. The summed E-state index contributed by atoms with van der Waals surface area (Å²) in [6.07, 6.45) is 6.13. The van der Waals surface area contributed by atoms with Gasteiger partial charge in [0.25, 0.3) is 0 Å². The first-order chi connectivity index (χ1) is 7.72. The van der Waals surface area contributed by atoms with Gasteiger partial charge in [0.1, 0.15) is 0 Å². The van der Waals surface area contributed by atoms with E-state index in [2.05, 4.69) is 23.7 Å². The first-order valence-electron chi connectivity index (χ1n) is 6.02. The summed E-state index contributed by atoms with van der Waals surface area (Å²) in [5, 5.41) is 9.34. The van der Waals surface area contributed by atoms with Crippen molar-refractivity contribution in [3.63, 3.8) is 0 Å². The number of aliphatic hydroxyl groups is 1. The monoisotopic (exact) mass is 220 g/mol. The van der Waals surface area contributed by atoms with Gasteiger partial charge in [0, 0.05) is 36.2 Å². The van der Waals surface area contributed by atoms with Crippen LogP contribution in [0.3, 0.4) is 0 Å². The standard InChI is InChI=1S/C13H20N2O/c1-10(2)8-15(12-3-4-12)13-5-6-14-7-11(13)9-16/h5-7,10,12,16H,3-4,8-9H2,1-2H3. The normalized spacial score (nSPS) is 15.5. The fraction of sp³-hybridized carbons (Fsp3) is 0.615. The van der Waals surface area contributed by atoms with E-state index in [1.807, 2.05) is 12.3 Å². The molecule has 16 heavy (non-hydrogen) atoms. The summed E-state index contributed by atoms with van der Waals surface area (Å²) in [4.78, 5) is 6.50. The summed E-state index contributed by atoms with van der Waals surface area (Å²) < 4.78 is 0. The average molecular weight is 220 g/mol. The molecule has 0 bridgehead atoms. The lowest BCUT2D eigenvalue weighted by molar-refractivity contribution is 0.281. The third-order valence-corrected chi connectivity index (χ3v) is 2.91. The van der Waals surface area contributed by atoms with Gasteiger partial charge in [0.2, 0.25) is 0 Å². The lowest BCUT2D eigenvalue weighted by atomic mass is 10.1. The Labute approximate surface area is 97.1 Å². The van der Waals surface area contributed by atoms with Crippen LogP contribution in [0.2, 0.25) is 0 Å². The van der Waals surface area contributed by atoms with E-state index in [1.165, 1.54) is 12.8 Å². The van der Waals surface area contributed by atoms with Crippen LogP contribution in [0.25, 0.3) is 0 Å². The molecule has 3 heteroatoms. The maximum Gasteiger partial charge on any atom is 0.0717 e. The Bertz CT molecular complexity index is 348. The summed E-state index contributed by atoms with van der Waals surface area (Å²) in [6, 6.07) is 2.70. The van der Waals surface area contributed by atoms with Crippen molar-refractivity contribution in [2.45, 2.75) is 39.3 Å². The Morgan fingerprint density at radius 3 is 2.81 bits per heavy atom. The SMILES string of the molecule is CC(C)CN(c1ccncc1CO)C1CC1. The highest BCUT2D eigenvalue weighted by Gasteiger charge is 2.30. The Morgan fingerprint density at radius 1 is 1.50 bits per heavy atom. The molecule has 1 fully saturated rings. The van der Waals surface area contributed by atoms with Crippen molar-refractivity contribution in [2.75, 3.05) is 11.4 Å². The molecule has 2 rings (SSSR count). The number of pyridine rings is 1. The van der Waals surface area contributed by atoms with E-state index in [-0.39, 0.29) is 6.61 Å². The summed E-state index contributed by atoms with van der Waals surface area (Å²) >= 11 is 0. The highest BCUT2D eigenvalue weighted by molar-refractivity contribution is 5.53. The van der Waals surface area contributed by atoms with E-state index in [0.717, 1.165) is 17.8 Å². The zero-order valence-electron chi connectivity index (χ0n) is 10.1. The Hall–Kier alpha value is -1.09. The number of nitrogens with zero attached hydrogens (tertiary/aromatic N) is 2. The number of hydrogen-bond donors (Lipinski definition) is 1. The highest BCUT2D eigenvalue weighted by atomic mass is 16.3. The molecule has 0 atom stereocenters. The van der Waals surface area contributed by atoms with E-state index < -0.39 is 0 Å². The zero-order valence-corrected chi connectivity index (χ0v) is 10.1. The van der Waals surface area contributed by atoms with Crippen LogP contribution < -0.4 is 4.90 Å². The van der Waals surface area contributed by atoms with Crippen LogP contribution in [0.1, 0.15) is 32.3 Å². The van der Waals surface area contributed by atoms with Gasteiger partial charge in [-0.05, 0) is 24.8 Å². The molecule has 0 aromatic carbocycles. The molecule has 0 aliphatic heterocycles. The molecule has 1 aliphatic carbocycles. The second-order valence-corrected chi connectivity index (χ2v) is 4.94. The van der Waals surface area contributed by atoms with Crippen molar-refractivity contribution in [3.05, 3.63) is 24.0 Å². The molecule has 1 saturated carbocycles. The second kappa shape index (κ2) is 4.83. The van der Waals surface area contributed by atoms with Crippen molar-refractivity contribution in [1.82, 2.24) is 4.98 Å². The van der Waals surface area contributed by atoms with Crippen LogP contribution in [0, 0.1) is 5.92 Å². The lowest BCUT2D eigenvalue weighted by Crippen LogP contribution is -2.30. The first-order valence-corrected chi connectivity index (χ1v) is 6.02. The number of hydrogen-bond acceptors (Lipinski definition) is 3. The van der Waals surface area contributed by atoms with Gasteiger partial charge >= 0.3 is 0 Å². The van der Waals surface area contributed by atoms with Crippen LogP contribution in [0.15, 0.2) is 18.5 Å². The Kier molecular flexibility index (Phi) is 3.44. The largest absolute Gasteiger partial charge is 0.392 e. The summed E-state index contributed by atoms with van der Waals surface area (Å²) in [7, 11) is 0. The van der Waals surface area contributed by atoms with Gasteiger partial charge < -0.3 is 10.0 Å². The highest BCUT2D eigenvalue weighted by Crippen LogP contribution is 2.33. The molecular weight excluding hydrogens is 200 g/mol. The van der Waals surface area contributed by atoms with Gasteiger partial charge in [-0.1, -0.05) is 13.8 Å². The first kappa shape index (κ1) is 11.4. The third kappa shape index (κ3) is 2.53. The van der Waals surface area contributed by atoms with Crippen LogP contribution >= 0.6 is 0 Å². The van der Waals surface area contributed by atoms with E-state index >= 15 is 0 Å². The predicted molar refractivity (Wildman–Crippen MR) is 65.4 cm³/mol. The van der Waals surface area contributed by atoms with Gasteiger partial charge in [-0.15, -0.1) is 0 Å². The van der Waals surface area contributed by atoms with Gasteiger partial charge in [-0.25, -0.2) is 0 Å². The fourth-order valence-corrected chi connectivity index (χ4v) is 2.05. The molecule has 0 unspecified atom stereocenters. The Morgan fingerprint density at radius 2 is 2.25 bits per heavy atom. The molecule has 1 aromatic heterocycles. The van der Waals surface area contributed by atoms with Gasteiger partial charge in [-0.3, -0.25) is 4.98 Å². The molecule has 88 valence electrons. The molecule has 1 aliphatic rings. The topological polar surface area (TPSA) is 36.4 Å². The fourth-order valence-electron chi connectivity index (χ4n) is 2.05. The summed E-state index contributed by atoms with van der Waals surface area (Å²) in [6.45, 7) is 5.59. The minimum Gasteiger partial charge on any atom is -0.392 e. The second-order valence-electron chi connectivity index (χ2n) is 4.94. The molecule has 0 radical (unpaired) electrons. The van der Waals surface area contributed by atoms with Crippen molar-refractivity contribution >= 4 is 5.69 Å². The van der Waals surface area contributed by atoms with Crippen LogP contribution in [0.4, 0.5) is 5.69 Å². The van der Waals surface area contributed by atoms with Crippen LogP contribution in [-0.2, 0) is 6.61 Å². The number of aromatic nitrogens is 1. The van der Waals surface area contributed by atoms with Crippen molar-refractivity contribution in [1.29, 1.82) is 0 Å². The van der Waals surface area contributed by atoms with Crippen molar-refractivity contribution in [3.8, 4) is 0 Å². The van der Waals surface area contributed by atoms with Crippen LogP contribution in [0.5, 0.6) is 0 Å². The third-order valence-electron chi connectivity index (χ3n) is 2.91. The molecule has 1 heterocycles. The molecular formula is C13H20N2O. The summed E-state index contributed by atoms with van der Waals surface area (Å²) in [5.41, 5.74) is 2.10. The molecule has 0 amide bonds. The molecule has 3 nitrogen and oxygen atoms in total. The van der Waals surface area contributed by atoms with Crippen molar-refractivity contribution in [2.24, 2.45) is 5.92 Å². The minimum absolute atomic E-state index is 0.0739. The minimum atomic E-state index is 0.0739. The number of rotatable bonds is 5. The van der Waals surface area contributed by atoms with Gasteiger partial charge in [0.05, 0.1) is 6.61 Å².